The van der Waals surface area contributed by atoms with E-state index in [1.807, 2.05) is 23.5 Å². The van der Waals surface area contributed by atoms with Gasteiger partial charge in [0.25, 0.3) is 0 Å². The van der Waals surface area contributed by atoms with Gasteiger partial charge in [-0.25, -0.2) is 4.39 Å². The Balaban J connectivity index is 1.36. The Morgan fingerprint density at radius 3 is 2.48 bits per heavy atom. The van der Waals surface area contributed by atoms with Crippen LogP contribution in [0.15, 0.2) is 29.6 Å². The van der Waals surface area contributed by atoms with Crippen molar-refractivity contribution in [3.05, 3.63) is 51.5 Å². The summed E-state index contributed by atoms with van der Waals surface area (Å²) in [6, 6.07) is 6.89. The van der Waals surface area contributed by atoms with E-state index in [1.165, 1.54) is 25.7 Å². The summed E-state index contributed by atoms with van der Waals surface area (Å²) in [7, 11) is 0. The van der Waals surface area contributed by atoms with Crippen LogP contribution in [0, 0.1) is 5.82 Å². The van der Waals surface area contributed by atoms with Gasteiger partial charge in [-0.3, -0.25) is 4.90 Å². The van der Waals surface area contributed by atoms with Gasteiger partial charge in [-0.05, 0) is 66.5 Å². The molecule has 2 heterocycles. The molecule has 4 rings (SSSR count). The van der Waals surface area contributed by atoms with E-state index >= 15 is 0 Å². The molecule has 0 N–H and O–H groups in total. The summed E-state index contributed by atoms with van der Waals surface area (Å²) in [5.41, 5.74) is 4.36. The summed E-state index contributed by atoms with van der Waals surface area (Å²) in [5.74, 6) is -0.158. The van der Waals surface area contributed by atoms with Crippen LogP contribution < -0.4 is 4.90 Å². The maximum atomic E-state index is 13.0. The lowest BCUT2D eigenvalue weighted by atomic mass is 9.95. The molecule has 2 aliphatic rings. The molecule has 0 radical (unpaired) electrons. The van der Waals surface area contributed by atoms with E-state index in [1.54, 1.807) is 28.1 Å². The largest absolute Gasteiger partial charge is 0.369 e. The van der Waals surface area contributed by atoms with Gasteiger partial charge in [-0.2, -0.15) is 0 Å². The monoisotopic (exact) mass is 330 g/mol. The molecule has 0 spiro atoms. The second-order valence-corrected chi connectivity index (χ2v) is 7.57. The number of hydrogen-bond acceptors (Lipinski definition) is 3. The molecule has 2 aromatic rings. The number of fused-ring (bicyclic) bond motifs is 1. The molecule has 1 aliphatic heterocycles. The Kier molecular flexibility index (Phi) is 4.36. The predicted molar refractivity (Wildman–Crippen MR) is 94.9 cm³/mol. The van der Waals surface area contributed by atoms with Gasteiger partial charge in [0.2, 0.25) is 0 Å². The predicted octanol–water partition coefficient (Wildman–Crippen LogP) is 4.09. The van der Waals surface area contributed by atoms with E-state index in [9.17, 15) is 4.39 Å². The summed E-state index contributed by atoms with van der Waals surface area (Å²) in [6.07, 6.45) is 5.29. The third kappa shape index (κ3) is 3.29. The molecule has 0 unspecified atom stereocenters. The first-order chi connectivity index (χ1) is 11.3. The van der Waals surface area contributed by atoms with Gasteiger partial charge in [0, 0.05) is 43.3 Å². The minimum absolute atomic E-state index is 0.158. The van der Waals surface area contributed by atoms with E-state index in [0.29, 0.717) is 0 Å². The topological polar surface area (TPSA) is 6.48 Å². The van der Waals surface area contributed by atoms with Crippen LogP contribution in [-0.2, 0) is 19.4 Å². The van der Waals surface area contributed by atoms with Crippen molar-refractivity contribution < 1.29 is 4.39 Å². The summed E-state index contributed by atoms with van der Waals surface area (Å²) >= 11 is 1.97. The molecule has 1 aliphatic carbocycles. The number of anilines is 1. The molecule has 1 aromatic carbocycles. The Labute approximate surface area is 141 Å². The quantitative estimate of drug-likeness (QED) is 0.836. The normalized spacial score (nSPS) is 18.9. The fourth-order valence-corrected chi connectivity index (χ4v) is 4.89. The van der Waals surface area contributed by atoms with Crippen molar-refractivity contribution in [1.82, 2.24) is 4.90 Å². The summed E-state index contributed by atoms with van der Waals surface area (Å²) < 4.78 is 13.0. The molecular weight excluding hydrogens is 307 g/mol. The highest BCUT2D eigenvalue weighted by Gasteiger charge is 2.21. The second-order valence-electron chi connectivity index (χ2n) is 6.61. The van der Waals surface area contributed by atoms with Gasteiger partial charge >= 0.3 is 0 Å². The van der Waals surface area contributed by atoms with Crippen molar-refractivity contribution in [1.29, 1.82) is 0 Å². The third-order valence-electron chi connectivity index (χ3n) is 5.11. The first-order valence-electron chi connectivity index (χ1n) is 8.60. The third-order valence-corrected chi connectivity index (χ3v) is 6.24. The van der Waals surface area contributed by atoms with Crippen LogP contribution in [0.5, 0.6) is 0 Å². The zero-order valence-electron chi connectivity index (χ0n) is 13.4. The summed E-state index contributed by atoms with van der Waals surface area (Å²) in [4.78, 5) is 6.56. The van der Waals surface area contributed by atoms with Crippen molar-refractivity contribution in [2.24, 2.45) is 0 Å². The van der Waals surface area contributed by atoms with Crippen molar-refractivity contribution in [3.63, 3.8) is 0 Å². The van der Waals surface area contributed by atoms with Gasteiger partial charge in [0.15, 0.2) is 0 Å². The minimum Gasteiger partial charge on any atom is -0.369 e. The molecule has 2 nitrogen and oxygen atoms in total. The molecule has 1 aromatic heterocycles. The number of thiophene rings is 1. The van der Waals surface area contributed by atoms with Crippen molar-refractivity contribution >= 4 is 17.0 Å². The summed E-state index contributed by atoms with van der Waals surface area (Å²) in [6.45, 7) is 5.32. The fourth-order valence-electron chi connectivity index (χ4n) is 3.75. The van der Waals surface area contributed by atoms with Gasteiger partial charge in [-0.1, -0.05) is 0 Å². The van der Waals surface area contributed by atoms with Crippen molar-refractivity contribution in [3.8, 4) is 0 Å². The lowest BCUT2D eigenvalue weighted by molar-refractivity contribution is 0.249. The second kappa shape index (κ2) is 6.62. The van der Waals surface area contributed by atoms with E-state index in [2.05, 4.69) is 15.2 Å². The van der Waals surface area contributed by atoms with E-state index < -0.39 is 0 Å². The number of piperazine rings is 1. The van der Waals surface area contributed by atoms with Gasteiger partial charge in [0.05, 0.1) is 0 Å². The first-order valence-corrected chi connectivity index (χ1v) is 9.48. The van der Waals surface area contributed by atoms with Crippen LogP contribution in [0.25, 0.3) is 0 Å². The van der Waals surface area contributed by atoms with Gasteiger partial charge in [-0.15, -0.1) is 11.3 Å². The molecule has 4 heteroatoms. The van der Waals surface area contributed by atoms with E-state index in [4.69, 9.17) is 0 Å². The van der Waals surface area contributed by atoms with Crippen LogP contribution in [0.4, 0.5) is 10.1 Å². The average molecular weight is 330 g/mol. The highest BCUT2D eigenvalue weighted by Crippen LogP contribution is 2.31. The standard InChI is InChI=1S/C19H23FN2S/c20-16-5-7-17(8-6-16)22-11-9-21(10-12-22)13-15-14-23-19-4-2-1-3-18(15)19/h5-8,14H,1-4,9-13H2. The van der Waals surface area contributed by atoms with Crippen LogP contribution in [0.2, 0.25) is 0 Å². The average Bonchev–Trinajstić information content (AvgIpc) is 3.00. The molecule has 0 atom stereocenters. The highest BCUT2D eigenvalue weighted by atomic mass is 32.1. The molecule has 23 heavy (non-hydrogen) atoms. The van der Waals surface area contributed by atoms with Crippen LogP contribution >= 0.6 is 11.3 Å². The Hall–Kier alpha value is -1.39. The zero-order chi connectivity index (χ0) is 15.6. The number of aryl methyl sites for hydroxylation is 1. The number of halogens is 1. The van der Waals surface area contributed by atoms with E-state index in [-0.39, 0.29) is 5.82 Å². The van der Waals surface area contributed by atoms with E-state index in [0.717, 1.165) is 38.4 Å². The zero-order valence-corrected chi connectivity index (χ0v) is 14.2. The highest BCUT2D eigenvalue weighted by molar-refractivity contribution is 7.10. The molecule has 1 saturated heterocycles. The molecule has 1 fully saturated rings. The lowest BCUT2D eigenvalue weighted by Gasteiger charge is -2.36. The summed E-state index contributed by atoms with van der Waals surface area (Å²) in [5, 5.41) is 2.39. The lowest BCUT2D eigenvalue weighted by Crippen LogP contribution is -2.46. The van der Waals surface area contributed by atoms with Gasteiger partial charge in [0.1, 0.15) is 5.82 Å². The number of nitrogens with zero attached hydrogens (tertiary/aromatic N) is 2. The molecule has 122 valence electrons. The van der Waals surface area contributed by atoms with Crippen molar-refractivity contribution in [2.75, 3.05) is 31.1 Å². The number of hydrogen-bond donors (Lipinski definition) is 0. The maximum absolute atomic E-state index is 13.0. The molecular formula is C19H23FN2S. The van der Waals surface area contributed by atoms with Crippen LogP contribution in [0.1, 0.15) is 28.8 Å². The molecule has 0 amide bonds. The molecule has 0 saturated carbocycles. The Morgan fingerprint density at radius 2 is 1.70 bits per heavy atom. The SMILES string of the molecule is Fc1ccc(N2CCN(Cc3csc4c3CCCC4)CC2)cc1. The number of rotatable bonds is 3. The number of benzene rings is 1. The Bertz CT molecular complexity index is 657. The van der Waals surface area contributed by atoms with Crippen LogP contribution in [0.3, 0.4) is 0 Å². The molecule has 0 bridgehead atoms. The smallest absolute Gasteiger partial charge is 0.123 e. The maximum Gasteiger partial charge on any atom is 0.123 e. The first kappa shape index (κ1) is 15.2. The fraction of sp³-hybridized carbons (Fsp3) is 0.474. The minimum atomic E-state index is -0.158. The van der Waals surface area contributed by atoms with Crippen molar-refractivity contribution in [2.45, 2.75) is 32.2 Å². The van der Waals surface area contributed by atoms with Gasteiger partial charge < -0.3 is 4.90 Å². The van der Waals surface area contributed by atoms with Crippen LogP contribution in [-0.4, -0.2) is 31.1 Å². The Morgan fingerprint density at radius 1 is 0.957 bits per heavy atom.